The number of nitrogens with two attached hydrogens (primary N) is 1. The number of ether oxygens (including phenoxy) is 2. The summed E-state index contributed by atoms with van der Waals surface area (Å²) in [5.74, 6) is 0.811. The molecule has 3 rings (SSSR count). The third-order valence-corrected chi connectivity index (χ3v) is 3.42. The molecule has 0 radical (unpaired) electrons. The number of fused-ring (bicyclic) bond motifs is 1. The molecule has 2 aliphatic rings. The number of aryl methyl sites for hydroxylation is 1. The van der Waals surface area contributed by atoms with Gasteiger partial charge >= 0.3 is 6.09 Å². The van der Waals surface area contributed by atoms with E-state index in [2.05, 4.69) is 5.32 Å². The maximum Gasteiger partial charge on any atom is 0.407 e. The number of carbonyl (C=O) groups is 1. The molecule has 18 heavy (non-hydrogen) atoms. The van der Waals surface area contributed by atoms with Crippen LogP contribution in [0.15, 0.2) is 18.2 Å². The van der Waals surface area contributed by atoms with E-state index in [-0.39, 0.29) is 18.2 Å². The van der Waals surface area contributed by atoms with E-state index in [0.29, 0.717) is 13.2 Å². The van der Waals surface area contributed by atoms with Crippen LogP contribution >= 0.6 is 0 Å². The first kappa shape index (κ1) is 11.3. The molecule has 1 aliphatic heterocycles. The lowest BCUT2D eigenvalue weighted by atomic mass is 10.1. The Morgan fingerprint density at radius 3 is 3.17 bits per heavy atom. The van der Waals surface area contributed by atoms with Gasteiger partial charge in [0.1, 0.15) is 12.4 Å². The molecule has 5 nitrogen and oxygen atoms in total. The molecule has 3 N–H and O–H groups in total. The maximum absolute atomic E-state index is 10.9. The molecule has 2 atom stereocenters. The number of benzene rings is 1. The fraction of sp³-hybridized carbons (Fsp3) is 0.462. The number of rotatable bonds is 3. The highest BCUT2D eigenvalue weighted by atomic mass is 16.6. The third-order valence-electron chi connectivity index (χ3n) is 3.42. The Kier molecular flexibility index (Phi) is 2.83. The first-order valence-corrected chi connectivity index (χ1v) is 6.18. The Labute approximate surface area is 105 Å². The molecule has 0 aromatic heterocycles. The molecule has 0 bridgehead atoms. The minimum absolute atomic E-state index is 0.161. The van der Waals surface area contributed by atoms with Crippen LogP contribution in [0.3, 0.4) is 0 Å². The average molecular weight is 248 g/mol. The standard InChI is InChI=1S/C13H16N2O3/c14-12-4-1-8-5-9(2-3-11(8)12)17-7-10-6-15-13(16)18-10/h2-3,5,10,12H,1,4,6-7,14H2,(H,15,16). The van der Waals surface area contributed by atoms with E-state index in [1.54, 1.807) is 0 Å². The number of cyclic esters (lactones) is 1. The Hall–Kier alpha value is -1.75. The fourth-order valence-corrected chi connectivity index (χ4v) is 2.43. The lowest BCUT2D eigenvalue weighted by Crippen LogP contribution is -2.22. The number of hydrogen-bond acceptors (Lipinski definition) is 4. The Bertz CT molecular complexity index is 475. The van der Waals surface area contributed by atoms with Gasteiger partial charge in [-0.1, -0.05) is 6.07 Å². The zero-order valence-corrected chi connectivity index (χ0v) is 10.0. The second-order valence-electron chi connectivity index (χ2n) is 4.73. The Balaban J connectivity index is 1.62. The van der Waals surface area contributed by atoms with Crippen LogP contribution in [0.4, 0.5) is 4.79 Å². The van der Waals surface area contributed by atoms with E-state index in [1.807, 2.05) is 18.2 Å². The number of hydrogen-bond donors (Lipinski definition) is 2. The molecular weight excluding hydrogens is 232 g/mol. The van der Waals surface area contributed by atoms with Crippen LogP contribution in [-0.2, 0) is 11.2 Å². The van der Waals surface area contributed by atoms with Gasteiger partial charge in [0.25, 0.3) is 0 Å². The second kappa shape index (κ2) is 4.49. The van der Waals surface area contributed by atoms with Gasteiger partial charge in [0.2, 0.25) is 0 Å². The summed E-state index contributed by atoms with van der Waals surface area (Å²) in [5, 5.41) is 2.60. The fourth-order valence-electron chi connectivity index (χ4n) is 2.43. The molecule has 0 spiro atoms. The van der Waals surface area contributed by atoms with Crippen molar-refractivity contribution in [2.75, 3.05) is 13.2 Å². The van der Waals surface area contributed by atoms with Crippen LogP contribution < -0.4 is 15.8 Å². The van der Waals surface area contributed by atoms with E-state index >= 15 is 0 Å². The third kappa shape index (κ3) is 2.13. The van der Waals surface area contributed by atoms with E-state index in [9.17, 15) is 4.79 Å². The summed E-state index contributed by atoms with van der Waals surface area (Å²) >= 11 is 0. The van der Waals surface area contributed by atoms with Crippen molar-refractivity contribution in [3.63, 3.8) is 0 Å². The average Bonchev–Trinajstić information content (AvgIpc) is 2.94. The van der Waals surface area contributed by atoms with Crippen molar-refractivity contribution in [2.45, 2.75) is 25.0 Å². The molecule has 1 fully saturated rings. The zero-order chi connectivity index (χ0) is 12.5. The predicted octanol–water partition coefficient (Wildman–Crippen LogP) is 1.12. The van der Waals surface area contributed by atoms with Crippen LogP contribution in [0.2, 0.25) is 0 Å². The molecule has 1 saturated heterocycles. The van der Waals surface area contributed by atoms with E-state index < -0.39 is 0 Å². The van der Waals surface area contributed by atoms with Gasteiger partial charge in [-0.15, -0.1) is 0 Å². The molecular formula is C13H16N2O3. The molecule has 0 saturated carbocycles. The van der Waals surface area contributed by atoms with E-state index in [0.717, 1.165) is 18.6 Å². The molecule has 1 heterocycles. The van der Waals surface area contributed by atoms with Crippen LogP contribution in [0.25, 0.3) is 0 Å². The van der Waals surface area contributed by atoms with Crippen molar-refractivity contribution >= 4 is 6.09 Å². The van der Waals surface area contributed by atoms with Gasteiger partial charge in [-0.05, 0) is 36.1 Å². The molecule has 96 valence electrons. The van der Waals surface area contributed by atoms with Gasteiger partial charge in [-0.25, -0.2) is 4.79 Å². The predicted molar refractivity (Wildman–Crippen MR) is 65.5 cm³/mol. The van der Waals surface area contributed by atoms with Crippen molar-refractivity contribution in [1.82, 2.24) is 5.32 Å². The highest BCUT2D eigenvalue weighted by Gasteiger charge is 2.23. The van der Waals surface area contributed by atoms with Crippen molar-refractivity contribution in [3.8, 4) is 5.75 Å². The van der Waals surface area contributed by atoms with E-state index in [1.165, 1.54) is 11.1 Å². The topological polar surface area (TPSA) is 73.6 Å². The van der Waals surface area contributed by atoms with Crippen LogP contribution in [0.5, 0.6) is 5.75 Å². The molecule has 1 aromatic rings. The summed E-state index contributed by atoms with van der Waals surface area (Å²) in [7, 11) is 0. The van der Waals surface area contributed by atoms with Gasteiger partial charge in [0.15, 0.2) is 6.10 Å². The lowest BCUT2D eigenvalue weighted by Gasteiger charge is -2.11. The summed E-state index contributed by atoms with van der Waals surface area (Å²) < 4.78 is 10.6. The quantitative estimate of drug-likeness (QED) is 0.840. The Morgan fingerprint density at radius 1 is 1.50 bits per heavy atom. The first-order valence-electron chi connectivity index (χ1n) is 6.18. The monoisotopic (exact) mass is 248 g/mol. The van der Waals surface area contributed by atoms with Crippen LogP contribution in [0.1, 0.15) is 23.6 Å². The van der Waals surface area contributed by atoms with Gasteiger partial charge in [-0.2, -0.15) is 0 Å². The van der Waals surface area contributed by atoms with Crippen LogP contribution in [0, 0.1) is 0 Å². The smallest absolute Gasteiger partial charge is 0.407 e. The van der Waals surface area contributed by atoms with Gasteiger partial charge in [-0.3, -0.25) is 0 Å². The van der Waals surface area contributed by atoms with Gasteiger partial charge < -0.3 is 20.5 Å². The number of amides is 1. The summed E-state index contributed by atoms with van der Waals surface area (Å²) in [6.07, 6.45) is 1.44. The number of carbonyl (C=O) groups excluding carboxylic acids is 1. The van der Waals surface area contributed by atoms with Crippen LogP contribution in [-0.4, -0.2) is 25.3 Å². The first-order chi connectivity index (χ1) is 8.72. The molecule has 5 heteroatoms. The highest BCUT2D eigenvalue weighted by molar-refractivity contribution is 5.69. The van der Waals surface area contributed by atoms with Crippen molar-refractivity contribution in [3.05, 3.63) is 29.3 Å². The summed E-state index contributed by atoms with van der Waals surface area (Å²) in [4.78, 5) is 10.9. The second-order valence-corrected chi connectivity index (χ2v) is 4.73. The maximum atomic E-state index is 10.9. The highest BCUT2D eigenvalue weighted by Crippen LogP contribution is 2.31. The molecule has 2 unspecified atom stereocenters. The van der Waals surface area contributed by atoms with Gasteiger partial charge in [0.05, 0.1) is 6.54 Å². The summed E-state index contributed by atoms with van der Waals surface area (Å²) in [5.41, 5.74) is 8.46. The normalized spacial score (nSPS) is 25.5. The van der Waals surface area contributed by atoms with Crippen molar-refractivity contribution in [2.24, 2.45) is 5.73 Å². The largest absolute Gasteiger partial charge is 0.490 e. The van der Waals surface area contributed by atoms with Gasteiger partial charge in [0, 0.05) is 6.04 Å². The minimum atomic E-state index is -0.372. The molecule has 1 amide bonds. The molecule has 1 aromatic carbocycles. The van der Waals surface area contributed by atoms with Crippen molar-refractivity contribution < 1.29 is 14.3 Å². The Morgan fingerprint density at radius 2 is 2.39 bits per heavy atom. The number of nitrogens with one attached hydrogen (secondary N) is 1. The summed E-state index contributed by atoms with van der Waals surface area (Å²) in [6.45, 7) is 0.887. The lowest BCUT2D eigenvalue weighted by molar-refractivity contribution is 0.105. The van der Waals surface area contributed by atoms with E-state index in [4.69, 9.17) is 15.2 Å². The SMILES string of the molecule is NC1CCc2cc(OCC3CNC(=O)O3)ccc21. The summed E-state index contributed by atoms with van der Waals surface area (Å²) in [6, 6.07) is 6.15. The van der Waals surface area contributed by atoms with Crippen molar-refractivity contribution in [1.29, 1.82) is 0 Å². The minimum Gasteiger partial charge on any atom is -0.490 e. The number of alkyl carbamates (subject to hydrolysis) is 1. The molecule has 1 aliphatic carbocycles. The zero-order valence-electron chi connectivity index (χ0n) is 10.0.